The molecule has 2 N–H and O–H groups in total. The molecule has 3 nitrogen and oxygen atoms in total. The van der Waals surface area contributed by atoms with E-state index < -0.39 is 0 Å². The predicted molar refractivity (Wildman–Crippen MR) is 76.4 cm³/mol. The molecule has 17 heavy (non-hydrogen) atoms. The Morgan fingerprint density at radius 2 is 1.88 bits per heavy atom. The molecule has 0 aromatic heterocycles. The van der Waals surface area contributed by atoms with Crippen LogP contribution in [0.4, 0.5) is 0 Å². The van der Waals surface area contributed by atoms with Crippen molar-refractivity contribution in [2.75, 3.05) is 20.3 Å². The second kappa shape index (κ2) is 8.08. The molecule has 0 bridgehead atoms. The number of aliphatic hydroxyl groups excluding tert-OH is 1. The number of methoxy groups -OCH3 is 1. The molecule has 96 valence electrons. The van der Waals surface area contributed by atoms with Crippen LogP contribution in [-0.4, -0.2) is 25.4 Å². The second-order valence-corrected chi connectivity index (χ2v) is 5.41. The summed E-state index contributed by atoms with van der Waals surface area (Å²) < 4.78 is 7.14. The van der Waals surface area contributed by atoms with Crippen LogP contribution < -0.4 is 10.1 Å². The van der Waals surface area contributed by atoms with E-state index in [1.165, 1.54) is 5.56 Å². The van der Waals surface area contributed by atoms with Crippen LogP contribution in [-0.2, 0) is 6.54 Å². The van der Waals surface area contributed by atoms with Gasteiger partial charge in [0.15, 0.2) is 0 Å². The van der Waals surface area contributed by atoms with Gasteiger partial charge in [-0.15, -0.1) is 0 Å². The third-order valence-corrected chi connectivity index (χ3v) is 3.53. The normalized spacial score (nSPS) is 10.6. The number of unbranched alkanes of at least 4 members (excludes halogenated alkanes) is 1. The number of benzene rings is 1. The number of rotatable bonds is 7. The topological polar surface area (TPSA) is 41.5 Å². The van der Waals surface area contributed by atoms with Crippen LogP contribution in [0.15, 0.2) is 21.1 Å². The van der Waals surface area contributed by atoms with Crippen LogP contribution in [0.2, 0.25) is 0 Å². The molecule has 0 aliphatic heterocycles. The zero-order valence-electron chi connectivity index (χ0n) is 9.80. The molecule has 0 radical (unpaired) electrons. The standard InChI is InChI=1S/C12H17Br2NO2/c1-17-12-10(13)6-9(7-11(12)14)8-15-4-2-3-5-16/h6-7,15-16H,2-5,8H2,1H3. The molecule has 0 unspecified atom stereocenters. The van der Waals surface area contributed by atoms with Gasteiger partial charge in [0.1, 0.15) is 5.75 Å². The zero-order valence-corrected chi connectivity index (χ0v) is 13.0. The van der Waals surface area contributed by atoms with Crippen LogP contribution >= 0.6 is 31.9 Å². The molecule has 0 fully saturated rings. The van der Waals surface area contributed by atoms with Gasteiger partial charge in [-0.25, -0.2) is 0 Å². The van der Waals surface area contributed by atoms with E-state index in [1.54, 1.807) is 7.11 Å². The van der Waals surface area contributed by atoms with Crippen molar-refractivity contribution in [1.82, 2.24) is 5.32 Å². The summed E-state index contributed by atoms with van der Waals surface area (Å²) in [7, 11) is 1.65. The molecule has 0 atom stereocenters. The van der Waals surface area contributed by atoms with Crippen LogP contribution in [0.5, 0.6) is 5.75 Å². The first kappa shape index (κ1) is 15.0. The Kier molecular flexibility index (Phi) is 7.11. The molecule has 0 spiro atoms. The minimum Gasteiger partial charge on any atom is -0.494 e. The molecule has 0 amide bonds. The number of halogens is 2. The van der Waals surface area contributed by atoms with E-state index in [-0.39, 0.29) is 6.61 Å². The Morgan fingerprint density at radius 1 is 1.24 bits per heavy atom. The van der Waals surface area contributed by atoms with Crippen molar-refractivity contribution in [3.8, 4) is 5.75 Å². The molecule has 5 heteroatoms. The highest BCUT2D eigenvalue weighted by atomic mass is 79.9. The molecule has 0 aliphatic carbocycles. The third-order valence-electron chi connectivity index (χ3n) is 2.35. The Morgan fingerprint density at radius 3 is 2.41 bits per heavy atom. The molecule has 1 aromatic carbocycles. The summed E-state index contributed by atoms with van der Waals surface area (Å²) in [5, 5.41) is 12.0. The Hall–Kier alpha value is -0.100. The third kappa shape index (κ3) is 4.95. The van der Waals surface area contributed by atoms with Gasteiger partial charge in [0.05, 0.1) is 16.1 Å². The number of hydrogen-bond acceptors (Lipinski definition) is 3. The summed E-state index contributed by atoms with van der Waals surface area (Å²) in [5.41, 5.74) is 1.19. The van der Waals surface area contributed by atoms with Crippen LogP contribution in [0.1, 0.15) is 18.4 Å². The summed E-state index contributed by atoms with van der Waals surface area (Å²) in [6.07, 6.45) is 1.85. The van der Waals surface area contributed by atoms with Gasteiger partial charge in [-0.3, -0.25) is 0 Å². The molecule has 0 heterocycles. The van der Waals surface area contributed by atoms with Gasteiger partial charge >= 0.3 is 0 Å². The lowest BCUT2D eigenvalue weighted by Gasteiger charge is -2.10. The SMILES string of the molecule is COc1c(Br)cc(CNCCCCO)cc1Br. The molecule has 0 aliphatic rings. The maximum Gasteiger partial charge on any atom is 0.147 e. The van der Waals surface area contributed by atoms with E-state index in [0.717, 1.165) is 40.6 Å². The van der Waals surface area contributed by atoms with Gasteiger partial charge in [0.25, 0.3) is 0 Å². The van der Waals surface area contributed by atoms with Gasteiger partial charge in [-0.1, -0.05) is 0 Å². The Bertz CT molecular complexity index is 335. The number of nitrogens with one attached hydrogen (secondary N) is 1. The first-order valence-corrected chi connectivity index (χ1v) is 7.11. The smallest absolute Gasteiger partial charge is 0.147 e. The number of aliphatic hydroxyl groups is 1. The lowest BCUT2D eigenvalue weighted by Crippen LogP contribution is -2.15. The highest BCUT2D eigenvalue weighted by Crippen LogP contribution is 2.34. The molecule has 0 saturated carbocycles. The van der Waals surface area contributed by atoms with Crippen molar-refractivity contribution >= 4 is 31.9 Å². The molecular formula is C12H17Br2NO2. The average Bonchev–Trinajstić information content (AvgIpc) is 2.28. The van der Waals surface area contributed by atoms with Crippen molar-refractivity contribution in [3.05, 3.63) is 26.6 Å². The lowest BCUT2D eigenvalue weighted by atomic mass is 10.2. The maximum atomic E-state index is 8.66. The summed E-state index contributed by atoms with van der Waals surface area (Å²) in [5.74, 6) is 0.814. The Balaban J connectivity index is 2.49. The van der Waals surface area contributed by atoms with E-state index in [9.17, 15) is 0 Å². The average molecular weight is 367 g/mol. The van der Waals surface area contributed by atoms with Crippen molar-refractivity contribution in [1.29, 1.82) is 0 Å². The molecule has 1 rings (SSSR count). The molecule has 1 aromatic rings. The minimum absolute atomic E-state index is 0.265. The van der Waals surface area contributed by atoms with Crippen molar-refractivity contribution < 1.29 is 9.84 Å². The lowest BCUT2D eigenvalue weighted by molar-refractivity contribution is 0.283. The number of ether oxygens (including phenoxy) is 1. The van der Waals surface area contributed by atoms with Gasteiger partial charge < -0.3 is 15.2 Å². The van der Waals surface area contributed by atoms with Crippen molar-refractivity contribution in [2.24, 2.45) is 0 Å². The fourth-order valence-electron chi connectivity index (χ4n) is 1.50. The van der Waals surface area contributed by atoms with Gasteiger partial charge in [-0.2, -0.15) is 0 Å². The first-order chi connectivity index (χ1) is 8.19. The monoisotopic (exact) mass is 365 g/mol. The minimum atomic E-state index is 0.265. The van der Waals surface area contributed by atoms with Crippen LogP contribution in [0.25, 0.3) is 0 Å². The molecule has 0 saturated heterocycles. The summed E-state index contributed by atoms with van der Waals surface area (Å²) >= 11 is 6.95. The predicted octanol–water partition coefficient (Wildman–Crippen LogP) is 3.08. The highest BCUT2D eigenvalue weighted by molar-refractivity contribution is 9.11. The number of hydrogen-bond donors (Lipinski definition) is 2. The van der Waals surface area contributed by atoms with Crippen molar-refractivity contribution in [2.45, 2.75) is 19.4 Å². The second-order valence-electron chi connectivity index (χ2n) is 3.70. The van der Waals surface area contributed by atoms with E-state index in [1.807, 2.05) is 12.1 Å². The first-order valence-electron chi connectivity index (χ1n) is 5.52. The Labute approximate surface area is 119 Å². The van der Waals surface area contributed by atoms with Gasteiger partial charge in [0.2, 0.25) is 0 Å². The van der Waals surface area contributed by atoms with Gasteiger partial charge in [-0.05, 0) is 68.9 Å². The van der Waals surface area contributed by atoms with Crippen molar-refractivity contribution in [3.63, 3.8) is 0 Å². The summed E-state index contributed by atoms with van der Waals surface area (Å²) in [6.45, 7) is 2.00. The van der Waals surface area contributed by atoms with E-state index in [2.05, 4.69) is 37.2 Å². The zero-order chi connectivity index (χ0) is 12.7. The van der Waals surface area contributed by atoms with E-state index in [4.69, 9.17) is 9.84 Å². The summed E-state index contributed by atoms with van der Waals surface area (Å²) in [6, 6.07) is 4.09. The molecular weight excluding hydrogens is 350 g/mol. The van der Waals surface area contributed by atoms with Crippen LogP contribution in [0, 0.1) is 0 Å². The van der Waals surface area contributed by atoms with Crippen LogP contribution in [0.3, 0.4) is 0 Å². The highest BCUT2D eigenvalue weighted by Gasteiger charge is 2.07. The van der Waals surface area contributed by atoms with E-state index >= 15 is 0 Å². The van der Waals surface area contributed by atoms with Gasteiger partial charge in [0, 0.05) is 13.2 Å². The van der Waals surface area contributed by atoms with E-state index in [0.29, 0.717) is 0 Å². The fourth-order valence-corrected chi connectivity index (χ4v) is 3.11. The summed E-state index contributed by atoms with van der Waals surface area (Å²) in [4.78, 5) is 0. The quantitative estimate of drug-likeness (QED) is 0.728. The fraction of sp³-hybridized carbons (Fsp3) is 0.500. The largest absolute Gasteiger partial charge is 0.494 e. The maximum absolute atomic E-state index is 8.66.